The monoisotopic (exact) mass is 260 g/mol. The lowest BCUT2D eigenvalue weighted by atomic mass is 10.5. The first-order chi connectivity index (χ1) is 6.34. The second-order valence-corrected chi connectivity index (χ2v) is 4.66. The zero-order valence-electron chi connectivity index (χ0n) is 6.68. The van der Waals surface area contributed by atoms with Crippen molar-refractivity contribution in [2.45, 2.75) is 16.5 Å². The average molecular weight is 261 g/mol. The summed E-state index contributed by atoms with van der Waals surface area (Å²) in [5.74, 6) is -0.194. The highest BCUT2D eigenvalue weighted by atomic mass is 35.6. The number of rotatable bonds is 1. The minimum Gasteiger partial charge on any atom is -0.351 e. The van der Waals surface area contributed by atoms with Crippen LogP contribution in [0.25, 0.3) is 0 Å². The summed E-state index contributed by atoms with van der Waals surface area (Å²) >= 11 is 16.6. The van der Waals surface area contributed by atoms with Crippen molar-refractivity contribution < 1.29 is 10.2 Å². The van der Waals surface area contributed by atoms with E-state index >= 15 is 0 Å². The smallest absolute Gasteiger partial charge is 0.248 e. The number of halogens is 3. The molecule has 0 bridgehead atoms. The molecule has 80 valence electrons. The van der Waals surface area contributed by atoms with Crippen molar-refractivity contribution in [3.05, 3.63) is 0 Å². The van der Waals surface area contributed by atoms with Gasteiger partial charge in [0.2, 0.25) is 10.2 Å². The zero-order valence-corrected chi connectivity index (χ0v) is 8.95. The molecule has 1 unspecified atom stereocenters. The summed E-state index contributed by atoms with van der Waals surface area (Å²) in [5, 5.41) is 17.9. The number of amidine groups is 1. The predicted octanol–water partition coefficient (Wildman–Crippen LogP) is -0.391. The van der Waals surface area contributed by atoms with E-state index in [0.717, 1.165) is 11.2 Å². The molecule has 0 aromatic rings. The van der Waals surface area contributed by atoms with Gasteiger partial charge < -0.3 is 10.2 Å². The van der Waals surface area contributed by atoms with Crippen molar-refractivity contribution in [3.63, 3.8) is 0 Å². The minimum absolute atomic E-state index is 0.194. The highest BCUT2D eigenvalue weighted by molar-refractivity contribution is 6.76. The fraction of sp³-hybridized carbons (Fsp3) is 0.600. The molecule has 1 aliphatic rings. The van der Waals surface area contributed by atoms with Crippen molar-refractivity contribution in [1.29, 1.82) is 0 Å². The van der Waals surface area contributed by atoms with Crippen LogP contribution >= 0.6 is 34.8 Å². The fourth-order valence-electron chi connectivity index (χ4n) is 0.886. The Balaban J connectivity index is 3.01. The molecule has 0 aromatic carbocycles. The molecule has 6 nitrogen and oxygen atoms in total. The number of hydrogen-bond acceptors (Lipinski definition) is 6. The van der Waals surface area contributed by atoms with Gasteiger partial charge in [0.05, 0.1) is 0 Å². The Morgan fingerprint density at radius 1 is 1.50 bits per heavy atom. The van der Waals surface area contributed by atoms with E-state index < -0.39 is 16.5 Å². The fourth-order valence-corrected chi connectivity index (χ4v) is 1.32. The molecule has 1 aliphatic heterocycles. The molecule has 0 saturated heterocycles. The third kappa shape index (κ3) is 2.47. The van der Waals surface area contributed by atoms with E-state index in [0.29, 0.717) is 0 Å². The number of nitrogens with zero attached hydrogens (tertiary/aromatic N) is 3. The number of alkyl halides is 3. The molecule has 4 N–H and O–H groups in total. The molecule has 9 heteroatoms. The Kier molecular flexibility index (Phi) is 3.57. The van der Waals surface area contributed by atoms with E-state index in [1.54, 1.807) is 0 Å². The third-order valence-electron chi connectivity index (χ3n) is 1.43. The van der Waals surface area contributed by atoms with Crippen molar-refractivity contribution in [2.75, 3.05) is 0 Å². The maximum absolute atomic E-state index is 8.95. The molecule has 0 saturated carbocycles. The summed E-state index contributed by atoms with van der Waals surface area (Å²) in [6, 6.07) is 0. The lowest BCUT2D eigenvalue weighted by Crippen LogP contribution is -2.55. The number of aliphatic hydroxyl groups is 2. The largest absolute Gasteiger partial charge is 0.351 e. The number of nitrogens with two attached hydrogens (primary N) is 1. The quantitative estimate of drug-likeness (QED) is 0.442. The second-order valence-electron chi connectivity index (χ2n) is 2.38. The molecule has 1 rings (SSSR count). The van der Waals surface area contributed by atoms with Crippen molar-refractivity contribution in [1.82, 2.24) is 4.90 Å². The lowest BCUT2D eigenvalue weighted by molar-refractivity contribution is -0.137. The SMILES string of the molecule is NC1N=CN=C(C(Cl)(Cl)Cl)N1C(O)O. The lowest BCUT2D eigenvalue weighted by Gasteiger charge is -2.34. The Labute approximate surface area is 94.6 Å². The molecule has 0 aliphatic carbocycles. The standard InChI is InChI=1S/C5H7Cl3N4O2/c6-5(7,8)2-10-1-11-3(9)12(2)4(13)14/h1,3-4,13-14H,9H2. The summed E-state index contributed by atoms with van der Waals surface area (Å²) in [6.45, 7) is 0. The maximum Gasteiger partial charge on any atom is 0.248 e. The van der Waals surface area contributed by atoms with Crippen LogP contribution in [0.15, 0.2) is 9.98 Å². The van der Waals surface area contributed by atoms with Gasteiger partial charge in [0.25, 0.3) is 0 Å². The van der Waals surface area contributed by atoms with Crippen LogP contribution in [0.4, 0.5) is 0 Å². The molecular formula is C5H7Cl3N4O2. The second kappa shape index (κ2) is 4.18. The van der Waals surface area contributed by atoms with Gasteiger partial charge in [-0.15, -0.1) is 0 Å². The first kappa shape index (κ1) is 12.0. The molecule has 0 spiro atoms. The van der Waals surface area contributed by atoms with Gasteiger partial charge >= 0.3 is 0 Å². The van der Waals surface area contributed by atoms with Crippen LogP contribution in [0.3, 0.4) is 0 Å². The summed E-state index contributed by atoms with van der Waals surface area (Å²) < 4.78 is -1.90. The Hall–Kier alpha value is -0.110. The van der Waals surface area contributed by atoms with Gasteiger partial charge in [-0.1, -0.05) is 34.8 Å². The summed E-state index contributed by atoms with van der Waals surface area (Å²) in [4.78, 5) is 7.97. The third-order valence-corrected chi connectivity index (χ3v) is 1.94. The minimum atomic E-state index is -1.93. The van der Waals surface area contributed by atoms with Crippen molar-refractivity contribution in [2.24, 2.45) is 15.7 Å². The Morgan fingerprint density at radius 3 is 2.43 bits per heavy atom. The molecule has 0 amide bonds. The summed E-state index contributed by atoms with van der Waals surface area (Å²) in [7, 11) is 0. The van der Waals surface area contributed by atoms with E-state index in [4.69, 9.17) is 50.7 Å². The van der Waals surface area contributed by atoms with E-state index in [-0.39, 0.29) is 5.84 Å². The Bertz CT molecular complexity index is 275. The van der Waals surface area contributed by atoms with E-state index in [9.17, 15) is 0 Å². The molecule has 0 aromatic heterocycles. The number of aliphatic hydroxyl groups excluding tert-OH is 1. The first-order valence-electron chi connectivity index (χ1n) is 3.40. The van der Waals surface area contributed by atoms with E-state index in [2.05, 4.69) is 9.98 Å². The van der Waals surface area contributed by atoms with Crippen LogP contribution in [0.2, 0.25) is 0 Å². The van der Waals surface area contributed by atoms with Crippen LogP contribution in [0.1, 0.15) is 0 Å². The molecule has 1 heterocycles. The van der Waals surface area contributed by atoms with Crippen LogP contribution in [0.5, 0.6) is 0 Å². The van der Waals surface area contributed by atoms with Crippen molar-refractivity contribution >= 4 is 47.0 Å². The first-order valence-corrected chi connectivity index (χ1v) is 4.54. The van der Waals surface area contributed by atoms with Gasteiger partial charge in [-0.25, -0.2) is 9.98 Å². The predicted molar refractivity (Wildman–Crippen MR) is 54.3 cm³/mol. The molecule has 0 fully saturated rings. The Morgan fingerprint density at radius 2 is 2.07 bits per heavy atom. The van der Waals surface area contributed by atoms with Gasteiger partial charge in [0.1, 0.15) is 6.34 Å². The van der Waals surface area contributed by atoms with Crippen LogP contribution in [0, 0.1) is 0 Å². The normalized spacial score (nSPS) is 22.9. The molecular weight excluding hydrogens is 254 g/mol. The van der Waals surface area contributed by atoms with E-state index in [1.807, 2.05) is 0 Å². The summed E-state index contributed by atoms with van der Waals surface area (Å²) in [6.07, 6.45) is -1.89. The molecule has 14 heavy (non-hydrogen) atoms. The van der Waals surface area contributed by atoms with Crippen molar-refractivity contribution in [3.8, 4) is 0 Å². The highest BCUT2D eigenvalue weighted by Crippen LogP contribution is 2.31. The van der Waals surface area contributed by atoms with Crippen LogP contribution in [-0.4, -0.2) is 43.8 Å². The van der Waals surface area contributed by atoms with Gasteiger partial charge in [0.15, 0.2) is 12.1 Å². The zero-order chi connectivity index (χ0) is 10.9. The van der Waals surface area contributed by atoms with Crippen LogP contribution < -0.4 is 5.73 Å². The van der Waals surface area contributed by atoms with Gasteiger partial charge in [-0.05, 0) is 0 Å². The molecule has 1 atom stereocenters. The average Bonchev–Trinajstić information content (AvgIpc) is 2.01. The highest BCUT2D eigenvalue weighted by Gasteiger charge is 2.38. The van der Waals surface area contributed by atoms with Gasteiger partial charge in [0, 0.05) is 0 Å². The topological polar surface area (TPSA) is 94.4 Å². The number of hydrogen-bond donors (Lipinski definition) is 3. The number of aliphatic imine (C=N–C) groups is 2. The van der Waals surface area contributed by atoms with Gasteiger partial charge in [-0.3, -0.25) is 10.6 Å². The molecule has 0 radical (unpaired) electrons. The summed E-state index contributed by atoms with van der Waals surface area (Å²) in [5.41, 5.74) is 5.42. The van der Waals surface area contributed by atoms with Crippen LogP contribution in [-0.2, 0) is 0 Å². The van der Waals surface area contributed by atoms with Gasteiger partial charge in [-0.2, -0.15) is 0 Å². The maximum atomic E-state index is 8.95. The van der Waals surface area contributed by atoms with E-state index in [1.165, 1.54) is 0 Å².